The Morgan fingerprint density at radius 3 is 3.14 bits per heavy atom. The van der Waals surface area contributed by atoms with Gasteiger partial charge in [0.05, 0.1) is 11.4 Å². The Bertz CT molecular complexity index is 719. The topological polar surface area (TPSA) is 98.7 Å². The second kappa shape index (κ2) is 5.83. The highest BCUT2D eigenvalue weighted by molar-refractivity contribution is 7.13. The summed E-state index contributed by atoms with van der Waals surface area (Å²) >= 11 is 1.51. The molecule has 3 heterocycles. The molecule has 3 aromatic heterocycles. The zero-order chi connectivity index (χ0) is 14.7. The van der Waals surface area contributed by atoms with Crippen LogP contribution in [-0.2, 0) is 6.54 Å². The fourth-order valence-electron chi connectivity index (χ4n) is 1.88. The van der Waals surface area contributed by atoms with Crippen molar-refractivity contribution in [2.75, 3.05) is 6.54 Å². The average molecular weight is 304 g/mol. The number of rotatable bonds is 5. The number of tetrazole rings is 1. The van der Waals surface area contributed by atoms with Crippen LogP contribution in [0, 0.1) is 6.92 Å². The first-order valence-corrected chi connectivity index (χ1v) is 7.13. The minimum atomic E-state index is -0.217. The summed E-state index contributed by atoms with van der Waals surface area (Å²) in [6, 6.07) is 3.81. The maximum Gasteiger partial charge on any atom is 0.257 e. The van der Waals surface area contributed by atoms with Gasteiger partial charge >= 0.3 is 0 Å². The molecule has 1 amide bonds. The number of aromatic nitrogens is 5. The lowest BCUT2D eigenvalue weighted by Crippen LogP contribution is -2.28. The molecule has 0 aliphatic heterocycles. The minimum absolute atomic E-state index is 0.217. The smallest absolute Gasteiger partial charge is 0.257 e. The molecule has 0 fully saturated rings. The summed E-state index contributed by atoms with van der Waals surface area (Å²) in [7, 11) is 0. The van der Waals surface area contributed by atoms with Crippen molar-refractivity contribution in [3.63, 3.8) is 0 Å². The molecule has 3 rings (SSSR count). The number of nitrogens with one attached hydrogen (secondary N) is 1. The van der Waals surface area contributed by atoms with Crippen LogP contribution in [0.2, 0.25) is 0 Å². The van der Waals surface area contributed by atoms with Gasteiger partial charge in [-0.05, 0) is 28.8 Å². The maximum absolute atomic E-state index is 12.3. The lowest BCUT2D eigenvalue weighted by Gasteiger charge is -2.04. The summed E-state index contributed by atoms with van der Waals surface area (Å²) in [4.78, 5) is 13.2. The molecule has 0 spiro atoms. The predicted octanol–water partition coefficient (Wildman–Crippen LogP) is 1.13. The largest absolute Gasteiger partial charge is 0.360 e. The van der Waals surface area contributed by atoms with Crippen molar-refractivity contribution in [3.05, 3.63) is 35.2 Å². The Balaban J connectivity index is 1.71. The van der Waals surface area contributed by atoms with Gasteiger partial charge in [-0.1, -0.05) is 11.2 Å². The number of nitrogens with zero attached hydrogens (tertiary/aromatic N) is 5. The van der Waals surface area contributed by atoms with Crippen molar-refractivity contribution in [2.45, 2.75) is 13.5 Å². The van der Waals surface area contributed by atoms with E-state index in [2.05, 4.69) is 26.0 Å². The summed E-state index contributed by atoms with van der Waals surface area (Å²) in [5, 5.41) is 19.5. The molecule has 0 aliphatic carbocycles. The Morgan fingerprint density at radius 2 is 2.43 bits per heavy atom. The van der Waals surface area contributed by atoms with Gasteiger partial charge in [0.1, 0.15) is 23.3 Å². The predicted molar refractivity (Wildman–Crippen MR) is 74.7 cm³/mol. The van der Waals surface area contributed by atoms with E-state index < -0.39 is 0 Å². The summed E-state index contributed by atoms with van der Waals surface area (Å²) in [5.74, 6) is 0.281. The van der Waals surface area contributed by atoms with E-state index in [0.717, 1.165) is 4.88 Å². The van der Waals surface area contributed by atoms with Gasteiger partial charge in [0.25, 0.3) is 5.91 Å². The first-order valence-electron chi connectivity index (χ1n) is 6.25. The van der Waals surface area contributed by atoms with E-state index in [-0.39, 0.29) is 5.91 Å². The summed E-state index contributed by atoms with van der Waals surface area (Å²) in [6.07, 6.45) is 1.49. The summed E-state index contributed by atoms with van der Waals surface area (Å²) in [5.41, 5.74) is 1.04. The van der Waals surface area contributed by atoms with Crippen LogP contribution in [0.1, 0.15) is 16.1 Å². The standard InChI is InChI=1S/C12H12N6O2S/c1-8-10(11(15-20-8)9-3-2-6-21-9)12(19)13-4-5-18-7-14-16-17-18/h2-3,6-7H,4-5H2,1H3,(H,13,19). The van der Waals surface area contributed by atoms with Gasteiger partial charge in [-0.2, -0.15) is 0 Å². The maximum atomic E-state index is 12.3. The van der Waals surface area contributed by atoms with Gasteiger partial charge in [0.15, 0.2) is 0 Å². The molecule has 9 heteroatoms. The highest BCUT2D eigenvalue weighted by Crippen LogP contribution is 2.28. The molecule has 1 N–H and O–H groups in total. The number of carbonyl (C=O) groups is 1. The van der Waals surface area contributed by atoms with E-state index in [0.29, 0.717) is 30.1 Å². The third-order valence-corrected chi connectivity index (χ3v) is 3.74. The van der Waals surface area contributed by atoms with Crippen molar-refractivity contribution in [3.8, 4) is 10.6 Å². The molecule has 108 valence electrons. The molecule has 3 aromatic rings. The summed E-state index contributed by atoms with van der Waals surface area (Å²) < 4.78 is 6.69. The quantitative estimate of drug-likeness (QED) is 0.758. The van der Waals surface area contributed by atoms with Gasteiger partial charge in [-0.3, -0.25) is 4.79 Å². The molecule has 0 atom stereocenters. The van der Waals surface area contributed by atoms with Crippen molar-refractivity contribution in [1.29, 1.82) is 0 Å². The number of thiophene rings is 1. The third-order valence-electron chi connectivity index (χ3n) is 2.86. The van der Waals surface area contributed by atoms with Crippen LogP contribution in [0.15, 0.2) is 28.4 Å². The lowest BCUT2D eigenvalue weighted by molar-refractivity contribution is 0.0951. The molecule has 0 radical (unpaired) electrons. The second-order valence-electron chi connectivity index (χ2n) is 4.27. The van der Waals surface area contributed by atoms with Crippen LogP contribution in [0.3, 0.4) is 0 Å². The minimum Gasteiger partial charge on any atom is -0.360 e. The highest BCUT2D eigenvalue weighted by Gasteiger charge is 2.21. The van der Waals surface area contributed by atoms with Gasteiger partial charge in [-0.15, -0.1) is 16.4 Å². The van der Waals surface area contributed by atoms with Crippen molar-refractivity contribution in [2.24, 2.45) is 0 Å². The monoisotopic (exact) mass is 304 g/mol. The van der Waals surface area contributed by atoms with Crippen molar-refractivity contribution in [1.82, 2.24) is 30.7 Å². The van der Waals surface area contributed by atoms with E-state index in [1.54, 1.807) is 11.6 Å². The van der Waals surface area contributed by atoms with Crippen LogP contribution in [-0.4, -0.2) is 37.8 Å². The molecular weight excluding hydrogens is 292 g/mol. The normalized spacial score (nSPS) is 10.7. The highest BCUT2D eigenvalue weighted by atomic mass is 32.1. The SMILES string of the molecule is Cc1onc(-c2cccs2)c1C(=O)NCCn1cnnn1. The number of hydrogen-bond acceptors (Lipinski definition) is 7. The van der Waals surface area contributed by atoms with Crippen molar-refractivity contribution >= 4 is 17.2 Å². The molecule has 0 unspecified atom stereocenters. The van der Waals surface area contributed by atoms with Crippen LogP contribution < -0.4 is 5.32 Å². The Labute approximate surface area is 123 Å². The molecule has 0 saturated carbocycles. The second-order valence-corrected chi connectivity index (χ2v) is 5.22. The Kier molecular flexibility index (Phi) is 3.73. The van der Waals surface area contributed by atoms with Gasteiger partial charge in [0, 0.05) is 6.54 Å². The Morgan fingerprint density at radius 1 is 1.52 bits per heavy atom. The van der Waals surface area contributed by atoms with E-state index in [9.17, 15) is 4.79 Å². The van der Waals surface area contributed by atoms with E-state index in [1.165, 1.54) is 17.7 Å². The number of aryl methyl sites for hydroxylation is 1. The molecule has 21 heavy (non-hydrogen) atoms. The Hall–Kier alpha value is -2.55. The number of amides is 1. The fourth-order valence-corrected chi connectivity index (χ4v) is 2.59. The third kappa shape index (κ3) is 2.82. The van der Waals surface area contributed by atoms with Crippen LogP contribution in [0.4, 0.5) is 0 Å². The number of carbonyl (C=O) groups excluding carboxylic acids is 1. The van der Waals surface area contributed by atoms with Gasteiger partial charge in [-0.25, -0.2) is 4.68 Å². The van der Waals surface area contributed by atoms with Crippen molar-refractivity contribution < 1.29 is 9.32 Å². The first kappa shape index (κ1) is 13.4. The average Bonchev–Trinajstić information content (AvgIpc) is 3.19. The molecule has 0 aliphatic rings. The fraction of sp³-hybridized carbons (Fsp3) is 0.250. The molecule has 0 saturated heterocycles. The van der Waals surface area contributed by atoms with Crippen LogP contribution in [0.5, 0.6) is 0 Å². The van der Waals surface area contributed by atoms with Gasteiger partial charge < -0.3 is 9.84 Å². The number of hydrogen-bond donors (Lipinski definition) is 1. The molecular formula is C12H12N6O2S. The first-order chi connectivity index (χ1) is 10.3. The molecule has 8 nitrogen and oxygen atoms in total. The van der Waals surface area contributed by atoms with E-state index in [1.807, 2.05) is 17.5 Å². The zero-order valence-electron chi connectivity index (χ0n) is 11.2. The molecule has 0 aromatic carbocycles. The van der Waals surface area contributed by atoms with Crippen LogP contribution >= 0.6 is 11.3 Å². The van der Waals surface area contributed by atoms with E-state index in [4.69, 9.17) is 4.52 Å². The molecule has 0 bridgehead atoms. The van der Waals surface area contributed by atoms with Gasteiger partial charge in [0.2, 0.25) is 0 Å². The van der Waals surface area contributed by atoms with Crippen LogP contribution in [0.25, 0.3) is 10.6 Å². The van der Waals surface area contributed by atoms with E-state index >= 15 is 0 Å². The lowest BCUT2D eigenvalue weighted by atomic mass is 10.1. The zero-order valence-corrected chi connectivity index (χ0v) is 12.0. The summed E-state index contributed by atoms with van der Waals surface area (Å²) in [6.45, 7) is 2.64.